The number of rotatable bonds is 2. The summed E-state index contributed by atoms with van der Waals surface area (Å²) in [5, 5.41) is 0. The lowest BCUT2D eigenvalue weighted by molar-refractivity contribution is 0.202. The fraction of sp³-hybridized carbons (Fsp3) is 0.538. The van der Waals surface area contributed by atoms with Crippen molar-refractivity contribution in [3.05, 3.63) is 23.8 Å². The Bertz CT molecular complexity index is 619. The summed E-state index contributed by atoms with van der Waals surface area (Å²) in [7, 11) is -4.00. The minimum absolute atomic E-state index is 0.194. The van der Waals surface area contributed by atoms with E-state index in [9.17, 15) is 17.2 Å². The van der Waals surface area contributed by atoms with E-state index in [4.69, 9.17) is 5.73 Å². The Labute approximate surface area is 117 Å². The third-order valence-electron chi connectivity index (χ3n) is 3.99. The lowest BCUT2D eigenvalue weighted by Gasteiger charge is -2.36. The number of hydrogen-bond acceptors (Lipinski definition) is 3. The Morgan fingerprint density at radius 1 is 1.30 bits per heavy atom. The molecule has 0 spiro atoms. The van der Waals surface area contributed by atoms with Gasteiger partial charge in [-0.3, -0.25) is 0 Å². The maximum Gasteiger partial charge on any atom is 0.246 e. The Hall–Kier alpha value is -1.21. The van der Waals surface area contributed by atoms with Gasteiger partial charge in [-0.2, -0.15) is 4.31 Å². The van der Waals surface area contributed by atoms with Crippen LogP contribution < -0.4 is 5.73 Å². The lowest BCUT2D eigenvalue weighted by Crippen LogP contribution is -2.46. The van der Waals surface area contributed by atoms with E-state index in [1.807, 2.05) is 6.92 Å². The van der Waals surface area contributed by atoms with Crippen molar-refractivity contribution in [1.82, 2.24) is 4.31 Å². The Morgan fingerprint density at radius 2 is 1.95 bits per heavy atom. The van der Waals surface area contributed by atoms with Crippen LogP contribution in [0.3, 0.4) is 0 Å². The number of sulfonamides is 1. The predicted octanol–water partition coefficient (Wildman–Crippen LogP) is 2.36. The minimum Gasteiger partial charge on any atom is -0.394 e. The standard InChI is InChI=1S/C13H18F2N2O2S/c1-8-4-3-7-17(9(8)2)20(18,19)11-6-5-10(14)13(16)12(11)15/h5-6,8-9H,3-4,7,16H2,1-2H3. The zero-order valence-electron chi connectivity index (χ0n) is 11.4. The van der Waals surface area contributed by atoms with E-state index in [-0.39, 0.29) is 12.0 Å². The minimum atomic E-state index is -4.00. The topological polar surface area (TPSA) is 63.4 Å². The first-order chi connectivity index (χ1) is 9.26. The van der Waals surface area contributed by atoms with Gasteiger partial charge in [-0.15, -0.1) is 0 Å². The van der Waals surface area contributed by atoms with Gasteiger partial charge in [0.25, 0.3) is 0 Å². The molecule has 0 amide bonds. The van der Waals surface area contributed by atoms with E-state index < -0.39 is 32.2 Å². The quantitative estimate of drug-likeness (QED) is 0.853. The monoisotopic (exact) mass is 304 g/mol. The van der Waals surface area contributed by atoms with E-state index >= 15 is 0 Å². The van der Waals surface area contributed by atoms with Gasteiger partial charge in [-0.1, -0.05) is 6.92 Å². The van der Waals surface area contributed by atoms with E-state index in [2.05, 4.69) is 0 Å². The van der Waals surface area contributed by atoms with Crippen LogP contribution in [-0.2, 0) is 10.0 Å². The molecular weight excluding hydrogens is 286 g/mol. The molecule has 2 N–H and O–H groups in total. The zero-order valence-corrected chi connectivity index (χ0v) is 12.3. The molecule has 4 nitrogen and oxygen atoms in total. The molecule has 1 heterocycles. The van der Waals surface area contributed by atoms with Gasteiger partial charge < -0.3 is 5.73 Å². The predicted molar refractivity (Wildman–Crippen MR) is 72.5 cm³/mol. The van der Waals surface area contributed by atoms with Crippen LogP contribution in [0.4, 0.5) is 14.5 Å². The molecule has 2 atom stereocenters. The Kier molecular flexibility index (Phi) is 4.02. The molecule has 0 aromatic heterocycles. The molecule has 20 heavy (non-hydrogen) atoms. The number of hydrogen-bond donors (Lipinski definition) is 1. The normalized spacial score (nSPS) is 24.8. The molecule has 1 fully saturated rings. The number of nitrogen functional groups attached to an aromatic ring is 1. The number of halogens is 2. The van der Waals surface area contributed by atoms with Crippen LogP contribution in [0.2, 0.25) is 0 Å². The SMILES string of the molecule is CC1CCCN(S(=O)(=O)c2ccc(F)c(N)c2F)C1C. The van der Waals surface area contributed by atoms with Gasteiger partial charge in [0.1, 0.15) is 16.4 Å². The molecule has 1 aromatic carbocycles. The summed E-state index contributed by atoms with van der Waals surface area (Å²) in [4.78, 5) is -0.558. The van der Waals surface area contributed by atoms with Gasteiger partial charge in [0.15, 0.2) is 5.82 Å². The maximum atomic E-state index is 14.0. The molecular formula is C13H18F2N2O2S. The number of nitrogens with zero attached hydrogens (tertiary/aromatic N) is 1. The van der Waals surface area contributed by atoms with Crippen LogP contribution in [0, 0.1) is 17.6 Å². The second-order valence-corrected chi connectivity index (χ2v) is 7.11. The van der Waals surface area contributed by atoms with E-state index in [0.29, 0.717) is 6.54 Å². The molecule has 0 aliphatic carbocycles. The number of benzene rings is 1. The fourth-order valence-corrected chi connectivity index (χ4v) is 4.36. The van der Waals surface area contributed by atoms with Crippen molar-refractivity contribution in [2.24, 2.45) is 5.92 Å². The fourth-order valence-electron chi connectivity index (χ4n) is 2.51. The molecule has 112 valence electrons. The highest BCUT2D eigenvalue weighted by Crippen LogP contribution is 2.31. The summed E-state index contributed by atoms with van der Waals surface area (Å²) in [5.41, 5.74) is 4.48. The molecule has 2 rings (SSSR count). The Morgan fingerprint density at radius 3 is 2.60 bits per heavy atom. The van der Waals surface area contributed by atoms with Crippen molar-refractivity contribution >= 4 is 15.7 Å². The largest absolute Gasteiger partial charge is 0.394 e. The summed E-state index contributed by atoms with van der Waals surface area (Å²) >= 11 is 0. The van der Waals surface area contributed by atoms with Crippen LogP contribution in [0.1, 0.15) is 26.7 Å². The molecule has 1 aliphatic rings. The summed E-state index contributed by atoms with van der Waals surface area (Å²) < 4.78 is 53.5. The number of nitrogens with two attached hydrogens (primary N) is 1. The van der Waals surface area contributed by atoms with Crippen LogP contribution in [-0.4, -0.2) is 25.3 Å². The molecule has 1 aliphatic heterocycles. The first-order valence-corrected chi connectivity index (χ1v) is 7.96. The van der Waals surface area contributed by atoms with Crippen LogP contribution in [0.25, 0.3) is 0 Å². The summed E-state index contributed by atoms with van der Waals surface area (Å²) in [5.74, 6) is -1.98. The average molecular weight is 304 g/mol. The number of anilines is 1. The average Bonchev–Trinajstić information content (AvgIpc) is 2.38. The molecule has 0 bridgehead atoms. The van der Waals surface area contributed by atoms with Crippen molar-refractivity contribution in [2.45, 2.75) is 37.6 Å². The smallest absolute Gasteiger partial charge is 0.246 e. The van der Waals surface area contributed by atoms with Gasteiger partial charge in [-0.05, 0) is 37.8 Å². The molecule has 0 radical (unpaired) electrons. The van der Waals surface area contributed by atoms with Gasteiger partial charge >= 0.3 is 0 Å². The first-order valence-electron chi connectivity index (χ1n) is 6.52. The van der Waals surface area contributed by atoms with Gasteiger partial charge in [0, 0.05) is 12.6 Å². The Balaban J connectivity index is 2.48. The molecule has 1 saturated heterocycles. The summed E-state index contributed by atoms with van der Waals surface area (Å²) in [6.07, 6.45) is 1.66. The van der Waals surface area contributed by atoms with Crippen molar-refractivity contribution in [3.63, 3.8) is 0 Å². The first kappa shape index (κ1) is 15.2. The van der Waals surface area contributed by atoms with Gasteiger partial charge in [-0.25, -0.2) is 17.2 Å². The van der Waals surface area contributed by atoms with Crippen LogP contribution >= 0.6 is 0 Å². The van der Waals surface area contributed by atoms with Crippen molar-refractivity contribution in [1.29, 1.82) is 0 Å². The molecule has 2 unspecified atom stereocenters. The van der Waals surface area contributed by atoms with Crippen LogP contribution in [0.5, 0.6) is 0 Å². The van der Waals surface area contributed by atoms with Crippen molar-refractivity contribution in [2.75, 3.05) is 12.3 Å². The summed E-state index contributed by atoms with van der Waals surface area (Å²) in [6, 6.07) is 1.59. The highest BCUT2D eigenvalue weighted by atomic mass is 32.2. The second-order valence-electron chi connectivity index (χ2n) is 5.25. The zero-order chi connectivity index (χ0) is 15.1. The third kappa shape index (κ3) is 2.40. The lowest BCUT2D eigenvalue weighted by atomic mass is 9.94. The highest BCUT2D eigenvalue weighted by molar-refractivity contribution is 7.89. The van der Waals surface area contributed by atoms with Gasteiger partial charge in [0.05, 0.1) is 0 Å². The molecule has 0 saturated carbocycles. The van der Waals surface area contributed by atoms with E-state index in [0.717, 1.165) is 25.0 Å². The summed E-state index contributed by atoms with van der Waals surface area (Å²) in [6.45, 7) is 4.10. The van der Waals surface area contributed by atoms with Crippen molar-refractivity contribution in [3.8, 4) is 0 Å². The molecule has 7 heteroatoms. The second kappa shape index (κ2) is 5.29. The third-order valence-corrected chi connectivity index (χ3v) is 6.00. The molecule has 1 aromatic rings. The maximum absolute atomic E-state index is 14.0. The van der Waals surface area contributed by atoms with E-state index in [1.54, 1.807) is 6.92 Å². The van der Waals surface area contributed by atoms with Gasteiger partial charge in [0.2, 0.25) is 10.0 Å². The van der Waals surface area contributed by atoms with Crippen LogP contribution in [0.15, 0.2) is 17.0 Å². The highest BCUT2D eigenvalue weighted by Gasteiger charge is 2.36. The van der Waals surface area contributed by atoms with E-state index in [1.165, 1.54) is 4.31 Å². The number of piperidine rings is 1. The van der Waals surface area contributed by atoms with Crippen molar-refractivity contribution < 1.29 is 17.2 Å².